The first kappa shape index (κ1) is 18.9. The van der Waals surface area contributed by atoms with Crippen molar-refractivity contribution < 1.29 is 14.3 Å². The third kappa shape index (κ3) is 3.93. The molecule has 0 aliphatic carbocycles. The lowest BCUT2D eigenvalue weighted by molar-refractivity contribution is -0.131. The fourth-order valence-electron chi connectivity index (χ4n) is 2.82. The van der Waals surface area contributed by atoms with Crippen molar-refractivity contribution in [2.75, 3.05) is 20.7 Å². The van der Waals surface area contributed by atoms with Gasteiger partial charge in [-0.1, -0.05) is 41.9 Å². The number of fused-ring (bicyclic) bond motifs is 1. The molecule has 3 aromatic rings. The Kier molecular flexibility index (Phi) is 5.42. The summed E-state index contributed by atoms with van der Waals surface area (Å²) in [6.07, 6.45) is 0. The number of aromatic nitrogens is 1. The molecule has 0 spiro atoms. The minimum atomic E-state index is -0.551. The molecule has 0 aliphatic heterocycles. The number of amides is 1. The highest BCUT2D eigenvalue weighted by atomic mass is 35.5. The van der Waals surface area contributed by atoms with E-state index in [9.17, 15) is 9.59 Å². The van der Waals surface area contributed by atoms with Crippen LogP contribution in [-0.2, 0) is 9.53 Å². The van der Waals surface area contributed by atoms with Crippen LogP contribution in [0.4, 0.5) is 0 Å². The lowest BCUT2D eigenvalue weighted by atomic mass is 9.98. The van der Waals surface area contributed by atoms with Crippen LogP contribution in [0.2, 0.25) is 5.02 Å². The van der Waals surface area contributed by atoms with Crippen molar-refractivity contribution in [3.05, 3.63) is 64.7 Å². The highest BCUT2D eigenvalue weighted by molar-refractivity contribution is 6.30. The van der Waals surface area contributed by atoms with Gasteiger partial charge in [0.25, 0.3) is 5.91 Å². The molecule has 1 amide bonds. The third-order valence-electron chi connectivity index (χ3n) is 4.26. The Morgan fingerprint density at radius 2 is 1.85 bits per heavy atom. The van der Waals surface area contributed by atoms with Gasteiger partial charge in [-0.25, -0.2) is 9.78 Å². The molecule has 3 rings (SSSR count). The average molecular weight is 383 g/mol. The molecule has 2 aromatic carbocycles. The van der Waals surface area contributed by atoms with Crippen molar-refractivity contribution in [2.45, 2.75) is 6.92 Å². The number of rotatable bonds is 4. The quantitative estimate of drug-likeness (QED) is 0.637. The van der Waals surface area contributed by atoms with Crippen LogP contribution in [-0.4, -0.2) is 42.5 Å². The van der Waals surface area contributed by atoms with Crippen LogP contribution in [0.3, 0.4) is 0 Å². The van der Waals surface area contributed by atoms with E-state index < -0.39 is 5.97 Å². The van der Waals surface area contributed by atoms with Gasteiger partial charge in [-0.3, -0.25) is 4.79 Å². The minimum Gasteiger partial charge on any atom is -0.452 e. The molecule has 0 saturated carbocycles. The maximum atomic E-state index is 12.8. The first-order valence-corrected chi connectivity index (χ1v) is 8.79. The number of pyridine rings is 1. The highest BCUT2D eigenvalue weighted by Crippen LogP contribution is 2.31. The number of nitrogens with zero attached hydrogens (tertiary/aromatic N) is 2. The molecule has 27 heavy (non-hydrogen) atoms. The SMILES string of the molecule is Cc1c(-c2cccc(Cl)c2)nc2ccccc2c1C(=O)OCC(=O)N(C)C. The Morgan fingerprint density at radius 3 is 2.56 bits per heavy atom. The average Bonchev–Trinajstić information content (AvgIpc) is 2.65. The predicted molar refractivity (Wildman–Crippen MR) is 106 cm³/mol. The maximum absolute atomic E-state index is 12.8. The molecule has 5 nitrogen and oxygen atoms in total. The number of esters is 1. The molecule has 0 aliphatic rings. The summed E-state index contributed by atoms with van der Waals surface area (Å²) in [5.41, 5.74) is 3.22. The van der Waals surface area contributed by atoms with E-state index in [-0.39, 0.29) is 12.5 Å². The van der Waals surface area contributed by atoms with E-state index in [0.29, 0.717) is 32.7 Å². The van der Waals surface area contributed by atoms with Crippen LogP contribution in [0.25, 0.3) is 22.2 Å². The van der Waals surface area contributed by atoms with Crippen molar-refractivity contribution in [3.63, 3.8) is 0 Å². The molecule has 0 bridgehead atoms. The molecule has 1 heterocycles. The van der Waals surface area contributed by atoms with Crippen molar-refractivity contribution in [2.24, 2.45) is 0 Å². The third-order valence-corrected chi connectivity index (χ3v) is 4.50. The zero-order valence-corrected chi connectivity index (χ0v) is 16.1. The van der Waals surface area contributed by atoms with E-state index in [4.69, 9.17) is 21.3 Å². The van der Waals surface area contributed by atoms with Crippen molar-refractivity contribution >= 4 is 34.4 Å². The number of hydrogen-bond donors (Lipinski definition) is 0. The molecule has 0 unspecified atom stereocenters. The standard InChI is InChI=1S/C21H19ClN2O3/c1-13-19(21(26)27-12-18(25)24(2)3)16-9-4-5-10-17(16)23-20(13)14-7-6-8-15(22)11-14/h4-11H,12H2,1-3H3. The van der Waals surface area contributed by atoms with Gasteiger partial charge in [0.05, 0.1) is 16.8 Å². The monoisotopic (exact) mass is 382 g/mol. The number of likely N-dealkylation sites (N-methyl/N-ethyl adjacent to an activating group) is 1. The van der Waals surface area contributed by atoms with Gasteiger partial charge < -0.3 is 9.64 Å². The molecule has 138 valence electrons. The predicted octanol–water partition coefficient (Wildman–Crippen LogP) is 4.11. The normalized spacial score (nSPS) is 10.7. The van der Waals surface area contributed by atoms with E-state index >= 15 is 0 Å². The summed E-state index contributed by atoms with van der Waals surface area (Å²) in [5, 5.41) is 1.27. The summed E-state index contributed by atoms with van der Waals surface area (Å²) in [5.74, 6) is -0.834. The summed E-state index contributed by atoms with van der Waals surface area (Å²) >= 11 is 6.12. The second kappa shape index (κ2) is 7.76. The van der Waals surface area contributed by atoms with Crippen LogP contribution >= 0.6 is 11.6 Å². The molecule has 0 fully saturated rings. The minimum absolute atomic E-state index is 0.283. The molecule has 0 atom stereocenters. The second-order valence-corrected chi connectivity index (χ2v) is 6.79. The highest BCUT2D eigenvalue weighted by Gasteiger charge is 2.21. The van der Waals surface area contributed by atoms with Gasteiger partial charge in [-0.05, 0) is 30.7 Å². The summed E-state index contributed by atoms with van der Waals surface area (Å²) < 4.78 is 5.27. The zero-order chi connectivity index (χ0) is 19.6. The molecule has 0 saturated heterocycles. The first-order chi connectivity index (χ1) is 12.9. The summed E-state index contributed by atoms with van der Waals surface area (Å²) in [7, 11) is 3.22. The maximum Gasteiger partial charge on any atom is 0.339 e. The van der Waals surface area contributed by atoms with E-state index in [0.717, 1.165) is 5.56 Å². The topological polar surface area (TPSA) is 59.5 Å². The van der Waals surface area contributed by atoms with Crippen LogP contribution in [0.15, 0.2) is 48.5 Å². The second-order valence-electron chi connectivity index (χ2n) is 6.35. The molecular formula is C21H19ClN2O3. The van der Waals surface area contributed by atoms with Gasteiger partial charge in [0.2, 0.25) is 0 Å². The van der Waals surface area contributed by atoms with Gasteiger partial charge in [-0.15, -0.1) is 0 Å². The van der Waals surface area contributed by atoms with E-state index in [1.165, 1.54) is 4.90 Å². The Hall–Kier alpha value is -2.92. The number of ether oxygens (including phenoxy) is 1. The number of hydrogen-bond acceptors (Lipinski definition) is 4. The largest absolute Gasteiger partial charge is 0.452 e. The fraction of sp³-hybridized carbons (Fsp3) is 0.190. The fourth-order valence-corrected chi connectivity index (χ4v) is 3.01. The zero-order valence-electron chi connectivity index (χ0n) is 15.3. The van der Waals surface area contributed by atoms with Crippen LogP contribution in [0.5, 0.6) is 0 Å². The Balaban J connectivity index is 2.12. The van der Waals surface area contributed by atoms with Crippen LogP contribution in [0, 0.1) is 6.92 Å². The summed E-state index contributed by atoms with van der Waals surface area (Å²) in [6, 6.07) is 14.7. The van der Waals surface area contributed by atoms with Crippen molar-refractivity contribution in [1.82, 2.24) is 9.88 Å². The molecular weight excluding hydrogens is 364 g/mol. The number of benzene rings is 2. The van der Waals surface area contributed by atoms with E-state index in [2.05, 4.69) is 0 Å². The molecule has 6 heteroatoms. The number of carbonyl (C=O) groups excluding carboxylic acids is 2. The summed E-state index contributed by atoms with van der Waals surface area (Å²) in [6.45, 7) is 1.51. The summed E-state index contributed by atoms with van der Waals surface area (Å²) in [4.78, 5) is 30.7. The van der Waals surface area contributed by atoms with Crippen molar-refractivity contribution in [3.8, 4) is 11.3 Å². The van der Waals surface area contributed by atoms with Crippen LogP contribution < -0.4 is 0 Å². The lowest BCUT2D eigenvalue weighted by Gasteiger charge is -2.15. The Labute approximate surface area is 162 Å². The molecule has 0 radical (unpaired) electrons. The van der Waals surface area contributed by atoms with Crippen molar-refractivity contribution in [1.29, 1.82) is 0 Å². The van der Waals surface area contributed by atoms with Crippen LogP contribution in [0.1, 0.15) is 15.9 Å². The van der Waals surface area contributed by atoms with E-state index in [1.807, 2.05) is 43.3 Å². The molecule has 1 aromatic heterocycles. The number of halogens is 1. The number of carbonyl (C=O) groups is 2. The van der Waals surface area contributed by atoms with Gasteiger partial charge in [0.1, 0.15) is 0 Å². The number of para-hydroxylation sites is 1. The van der Waals surface area contributed by atoms with Gasteiger partial charge in [-0.2, -0.15) is 0 Å². The Bertz CT molecular complexity index is 1030. The van der Waals surface area contributed by atoms with E-state index in [1.54, 1.807) is 26.2 Å². The lowest BCUT2D eigenvalue weighted by Crippen LogP contribution is -2.27. The van der Waals surface area contributed by atoms with Gasteiger partial charge in [0, 0.05) is 30.1 Å². The Morgan fingerprint density at radius 1 is 1.11 bits per heavy atom. The first-order valence-electron chi connectivity index (χ1n) is 8.41. The smallest absolute Gasteiger partial charge is 0.339 e. The van der Waals surface area contributed by atoms with Gasteiger partial charge in [0.15, 0.2) is 6.61 Å². The molecule has 0 N–H and O–H groups in total. The van der Waals surface area contributed by atoms with Gasteiger partial charge >= 0.3 is 5.97 Å².